The second-order valence-electron chi connectivity index (χ2n) is 6.68. The number of nitrogens with zero attached hydrogens (tertiary/aromatic N) is 2. The monoisotopic (exact) mass is 405 g/mol. The number of amides is 1. The fraction of sp³-hybridized carbons (Fsp3) is 0.174. The van der Waals surface area contributed by atoms with E-state index in [4.69, 9.17) is 5.11 Å². The number of aliphatic hydroxyl groups is 1. The van der Waals surface area contributed by atoms with Gasteiger partial charge < -0.3 is 15.5 Å². The topological polar surface area (TPSA) is 95.3 Å². The zero-order valence-corrected chi connectivity index (χ0v) is 16.5. The maximum atomic E-state index is 13.9. The summed E-state index contributed by atoms with van der Waals surface area (Å²) in [5.74, 6) is 4.05. The minimum Gasteiger partial charge on any atom is -0.508 e. The molecule has 0 aliphatic carbocycles. The molecule has 3 rings (SSSR count). The molecule has 1 aromatic carbocycles. The minimum absolute atomic E-state index is 0.109. The summed E-state index contributed by atoms with van der Waals surface area (Å²) in [5, 5.41) is 22.0. The molecule has 0 spiro atoms. The Kier molecular flexibility index (Phi) is 6.40. The number of phenols is 1. The molecule has 0 aliphatic heterocycles. The Balaban J connectivity index is 2.01. The van der Waals surface area contributed by atoms with E-state index in [1.807, 2.05) is 6.92 Å². The van der Waals surface area contributed by atoms with Gasteiger partial charge in [0.2, 0.25) is 0 Å². The third-order valence-electron chi connectivity index (χ3n) is 4.34. The highest BCUT2D eigenvalue weighted by atomic mass is 19.1. The third-order valence-corrected chi connectivity index (χ3v) is 4.34. The number of aliphatic hydroxyl groups excluding tert-OH is 1. The van der Waals surface area contributed by atoms with Gasteiger partial charge in [0.25, 0.3) is 5.91 Å². The van der Waals surface area contributed by atoms with Crippen LogP contribution in [-0.4, -0.2) is 32.7 Å². The lowest BCUT2D eigenvalue weighted by molar-refractivity contribution is 0.0937. The fourth-order valence-corrected chi connectivity index (χ4v) is 2.95. The molecular formula is C23H20FN3O3. The number of halogens is 1. The van der Waals surface area contributed by atoms with Crippen LogP contribution in [0.4, 0.5) is 4.39 Å². The Hall–Kier alpha value is -3.76. The summed E-state index contributed by atoms with van der Waals surface area (Å²) in [4.78, 5) is 21.5. The first-order chi connectivity index (χ1) is 14.4. The van der Waals surface area contributed by atoms with Crippen molar-refractivity contribution in [3.8, 4) is 17.6 Å². The van der Waals surface area contributed by atoms with Crippen LogP contribution in [0.25, 0.3) is 0 Å². The van der Waals surface area contributed by atoms with Gasteiger partial charge in [0.15, 0.2) is 0 Å². The van der Waals surface area contributed by atoms with Crippen molar-refractivity contribution in [2.75, 3.05) is 6.61 Å². The van der Waals surface area contributed by atoms with E-state index in [0.29, 0.717) is 16.8 Å². The third kappa shape index (κ3) is 4.99. The number of aromatic hydroxyl groups is 1. The maximum Gasteiger partial charge on any atom is 0.270 e. The maximum absolute atomic E-state index is 13.9. The van der Waals surface area contributed by atoms with E-state index < -0.39 is 17.8 Å². The van der Waals surface area contributed by atoms with Crippen molar-refractivity contribution >= 4 is 5.91 Å². The highest BCUT2D eigenvalue weighted by Gasteiger charge is 2.22. The molecule has 0 fully saturated rings. The average molecular weight is 405 g/mol. The van der Waals surface area contributed by atoms with Crippen LogP contribution in [-0.2, 0) is 0 Å². The molecule has 0 saturated heterocycles. The summed E-state index contributed by atoms with van der Waals surface area (Å²) in [7, 11) is 0. The van der Waals surface area contributed by atoms with E-state index in [2.05, 4.69) is 27.1 Å². The number of carbonyl (C=O) groups excluding carboxylic acids is 1. The molecule has 1 amide bonds. The summed E-state index contributed by atoms with van der Waals surface area (Å²) in [5.41, 5.74) is 2.76. The van der Waals surface area contributed by atoms with E-state index in [0.717, 1.165) is 11.8 Å². The summed E-state index contributed by atoms with van der Waals surface area (Å²) in [6, 6.07) is 9.40. The number of aryl methyl sites for hydroxylation is 2. The van der Waals surface area contributed by atoms with Gasteiger partial charge in [0.1, 0.15) is 23.9 Å². The van der Waals surface area contributed by atoms with Gasteiger partial charge in [-0.15, -0.1) is 0 Å². The van der Waals surface area contributed by atoms with E-state index >= 15 is 0 Å². The zero-order valence-electron chi connectivity index (χ0n) is 16.5. The van der Waals surface area contributed by atoms with Gasteiger partial charge in [0.05, 0.1) is 6.04 Å². The second kappa shape index (κ2) is 9.16. The summed E-state index contributed by atoms with van der Waals surface area (Å²) >= 11 is 0. The molecule has 152 valence electrons. The lowest BCUT2D eigenvalue weighted by atomic mass is 9.98. The van der Waals surface area contributed by atoms with Crippen molar-refractivity contribution in [1.29, 1.82) is 0 Å². The first-order valence-electron chi connectivity index (χ1n) is 9.17. The highest BCUT2D eigenvalue weighted by Crippen LogP contribution is 2.30. The number of pyridine rings is 2. The van der Waals surface area contributed by atoms with Crippen molar-refractivity contribution < 1.29 is 19.4 Å². The van der Waals surface area contributed by atoms with Crippen LogP contribution in [0.5, 0.6) is 5.75 Å². The van der Waals surface area contributed by atoms with E-state index in [-0.39, 0.29) is 23.6 Å². The Bertz CT molecular complexity index is 1130. The molecule has 30 heavy (non-hydrogen) atoms. The number of hydrogen-bond acceptors (Lipinski definition) is 5. The van der Waals surface area contributed by atoms with Crippen LogP contribution in [0.15, 0.2) is 48.7 Å². The van der Waals surface area contributed by atoms with E-state index in [1.165, 1.54) is 18.2 Å². The molecule has 3 aromatic rings. The Labute approximate surface area is 173 Å². The van der Waals surface area contributed by atoms with Crippen molar-refractivity contribution in [3.05, 3.63) is 88.3 Å². The van der Waals surface area contributed by atoms with E-state index in [9.17, 15) is 14.3 Å². The number of phenolic OH excluding ortho intramolecular Hbond substituents is 1. The fourth-order valence-electron chi connectivity index (χ4n) is 2.95. The number of hydrogen-bond donors (Lipinski definition) is 3. The first kappa shape index (κ1) is 21.0. The normalized spacial score (nSPS) is 11.3. The number of nitrogens with one attached hydrogen (secondary N) is 1. The molecule has 1 atom stereocenters. The predicted molar refractivity (Wildman–Crippen MR) is 109 cm³/mol. The molecule has 2 heterocycles. The highest BCUT2D eigenvalue weighted by molar-refractivity contribution is 5.93. The van der Waals surface area contributed by atoms with Gasteiger partial charge in [-0.25, -0.2) is 9.37 Å². The van der Waals surface area contributed by atoms with Crippen LogP contribution in [0.3, 0.4) is 0 Å². The molecule has 0 unspecified atom stereocenters. The standard InChI is InChI=1S/C23H20FN3O3/c1-14-5-6-17(13-25-14)22(19-12-18(24)7-8-21(19)29)27-23(30)20-11-16(4-3-9-28)10-15(2)26-20/h5-8,10-13,22,28-29H,9H2,1-2H3,(H,27,30)/t22-/m1/s1. The van der Waals surface area contributed by atoms with Gasteiger partial charge in [-0.3, -0.25) is 9.78 Å². The van der Waals surface area contributed by atoms with Gasteiger partial charge in [-0.05, 0) is 55.8 Å². The number of aromatic nitrogens is 2. The van der Waals surface area contributed by atoms with E-state index in [1.54, 1.807) is 31.3 Å². The molecule has 2 aromatic heterocycles. The SMILES string of the molecule is Cc1ccc([C@@H](NC(=O)c2cc(C#CCO)cc(C)n2)c2cc(F)ccc2O)cn1. The summed E-state index contributed by atoms with van der Waals surface area (Å²) in [6.07, 6.45) is 1.56. The van der Waals surface area contributed by atoms with Crippen molar-refractivity contribution in [1.82, 2.24) is 15.3 Å². The van der Waals surface area contributed by atoms with Crippen LogP contribution in [0.2, 0.25) is 0 Å². The van der Waals surface area contributed by atoms with Crippen molar-refractivity contribution in [2.24, 2.45) is 0 Å². The van der Waals surface area contributed by atoms with Crippen molar-refractivity contribution in [2.45, 2.75) is 19.9 Å². The van der Waals surface area contributed by atoms with Gasteiger partial charge in [0, 0.05) is 28.7 Å². The lowest BCUT2D eigenvalue weighted by Crippen LogP contribution is -2.30. The largest absolute Gasteiger partial charge is 0.508 e. The lowest BCUT2D eigenvalue weighted by Gasteiger charge is -2.21. The summed E-state index contributed by atoms with van der Waals surface area (Å²) in [6.45, 7) is 3.24. The zero-order chi connectivity index (χ0) is 21.7. The Morgan fingerprint density at radius 3 is 2.67 bits per heavy atom. The molecule has 3 N–H and O–H groups in total. The minimum atomic E-state index is -0.851. The number of benzene rings is 1. The molecule has 0 radical (unpaired) electrons. The average Bonchev–Trinajstić information content (AvgIpc) is 2.72. The molecular weight excluding hydrogens is 385 g/mol. The van der Waals surface area contributed by atoms with Crippen LogP contribution in [0, 0.1) is 31.5 Å². The molecule has 0 aliphatic rings. The van der Waals surface area contributed by atoms with Crippen molar-refractivity contribution in [3.63, 3.8) is 0 Å². The second-order valence-corrected chi connectivity index (χ2v) is 6.68. The van der Waals surface area contributed by atoms with Crippen LogP contribution >= 0.6 is 0 Å². The molecule has 7 heteroatoms. The predicted octanol–water partition coefficient (Wildman–Crippen LogP) is 2.80. The molecule has 0 saturated carbocycles. The van der Waals surface area contributed by atoms with Crippen LogP contribution < -0.4 is 5.32 Å². The van der Waals surface area contributed by atoms with Gasteiger partial charge in [-0.2, -0.15) is 0 Å². The van der Waals surface area contributed by atoms with Gasteiger partial charge >= 0.3 is 0 Å². The Morgan fingerprint density at radius 1 is 1.17 bits per heavy atom. The number of rotatable bonds is 4. The van der Waals surface area contributed by atoms with Crippen LogP contribution in [0.1, 0.15) is 44.6 Å². The smallest absolute Gasteiger partial charge is 0.270 e. The number of carbonyl (C=O) groups is 1. The van der Waals surface area contributed by atoms with Gasteiger partial charge in [-0.1, -0.05) is 17.9 Å². The first-order valence-corrected chi connectivity index (χ1v) is 9.17. The molecule has 6 nitrogen and oxygen atoms in total. The molecule has 0 bridgehead atoms. The quantitative estimate of drug-likeness (QED) is 0.580. The summed E-state index contributed by atoms with van der Waals surface area (Å²) < 4.78 is 13.9. The Morgan fingerprint density at radius 2 is 1.97 bits per heavy atom.